The van der Waals surface area contributed by atoms with Gasteiger partial charge in [-0.3, -0.25) is 4.79 Å². The standard InChI is InChI=1S/C12H20N2O2/c15-11(9-2-1-3-9)14-5-10-4-12(8-16-10)6-13-7-12/h9-10,13H,1-8H2,(H,14,15). The predicted octanol–water partition coefficient (Wildman–Crippen LogP) is 0.281. The van der Waals surface area contributed by atoms with Crippen molar-refractivity contribution in [2.45, 2.75) is 31.8 Å². The number of hydrogen-bond acceptors (Lipinski definition) is 3. The molecule has 2 aliphatic heterocycles. The van der Waals surface area contributed by atoms with E-state index in [-0.39, 0.29) is 12.0 Å². The monoisotopic (exact) mass is 224 g/mol. The second kappa shape index (κ2) is 4.00. The van der Waals surface area contributed by atoms with Crippen LogP contribution >= 0.6 is 0 Å². The third-order valence-electron chi connectivity index (χ3n) is 4.27. The van der Waals surface area contributed by atoms with Gasteiger partial charge in [-0.15, -0.1) is 0 Å². The lowest BCUT2D eigenvalue weighted by atomic mass is 9.80. The number of rotatable bonds is 3. The molecule has 3 aliphatic rings. The molecule has 2 saturated heterocycles. The van der Waals surface area contributed by atoms with Crippen LogP contribution in [0, 0.1) is 11.3 Å². The predicted molar refractivity (Wildman–Crippen MR) is 60.0 cm³/mol. The summed E-state index contributed by atoms with van der Waals surface area (Å²) in [6, 6.07) is 0. The van der Waals surface area contributed by atoms with Gasteiger partial charge in [0.1, 0.15) is 0 Å². The van der Waals surface area contributed by atoms with Crippen molar-refractivity contribution in [3.8, 4) is 0 Å². The van der Waals surface area contributed by atoms with Gasteiger partial charge in [0.05, 0.1) is 12.7 Å². The molecular formula is C12H20N2O2. The summed E-state index contributed by atoms with van der Waals surface area (Å²) in [6.07, 6.45) is 4.71. The van der Waals surface area contributed by atoms with Crippen molar-refractivity contribution in [2.75, 3.05) is 26.2 Å². The highest BCUT2D eigenvalue weighted by atomic mass is 16.5. The molecule has 1 atom stereocenters. The lowest BCUT2D eigenvalue weighted by Crippen LogP contribution is -2.54. The third-order valence-corrected chi connectivity index (χ3v) is 4.27. The highest BCUT2D eigenvalue weighted by molar-refractivity contribution is 5.79. The van der Waals surface area contributed by atoms with E-state index in [1.54, 1.807) is 0 Å². The summed E-state index contributed by atoms with van der Waals surface area (Å²) in [6.45, 7) is 3.74. The molecule has 0 bridgehead atoms. The van der Waals surface area contributed by atoms with Crippen molar-refractivity contribution in [3.05, 3.63) is 0 Å². The fraction of sp³-hybridized carbons (Fsp3) is 0.917. The largest absolute Gasteiger partial charge is 0.376 e. The highest BCUT2D eigenvalue weighted by Crippen LogP contribution is 2.35. The molecule has 1 saturated carbocycles. The van der Waals surface area contributed by atoms with Crippen LogP contribution in [-0.4, -0.2) is 38.3 Å². The molecule has 0 aromatic heterocycles. The number of hydrogen-bond donors (Lipinski definition) is 2. The summed E-state index contributed by atoms with van der Waals surface area (Å²) in [5.74, 6) is 0.531. The van der Waals surface area contributed by atoms with Crippen LogP contribution in [0.1, 0.15) is 25.7 Å². The molecule has 2 heterocycles. The van der Waals surface area contributed by atoms with E-state index in [0.29, 0.717) is 17.9 Å². The number of nitrogens with one attached hydrogen (secondary N) is 2. The van der Waals surface area contributed by atoms with Crippen LogP contribution in [0.25, 0.3) is 0 Å². The van der Waals surface area contributed by atoms with E-state index < -0.39 is 0 Å². The van der Waals surface area contributed by atoms with E-state index in [1.807, 2.05) is 0 Å². The van der Waals surface area contributed by atoms with Gasteiger partial charge in [0.2, 0.25) is 5.91 Å². The first kappa shape index (κ1) is 10.5. The summed E-state index contributed by atoms with van der Waals surface area (Å²) in [4.78, 5) is 11.6. The molecule has 2 N–H and O–H groups in total. The SMILES string of the molecule is O=C(NCC1CC2(CNC2)CO1)C1CCC1. The number of carbonyl (C=O) groups excluding carboxylic acids is 1. The van der Waals surface area contributed by atoms with Gasteiger partial charge < -0.3 is 15.4 Å². The summed E-state index contributed by atoms with van der Waals surface area (Å²) in [7, 11) is 0. The van der Waals surface area contributed by atoms with Gasteiger partial charge in [-0.1, -0.05) is 6.42 Å². The topological polar surface area (TPSA) is 50.4 Å². The van der Waals surface area contributed by atoms with Gasteiger partial charge in [-0.2, -0.15) is 0 Å². The molecule has 4 nitrogen and oxygen atoms in total. The van der Waals surface area contributed by atoms with Crippen molar-refractivity contribution in [2.24, 2.45) is 11.3 Å². The number of amides is 1. The van der Waals surface area contributed by atoms with E-state index in [0.717, 1.165) is 39.0 Å². The maximum Gasteiger partial charge on any atom is 0.223 e. The van der Waals surface area contributed by atoms with E-state index in [9.17, 15) is 4.79 Å². The van der Waals surface area contributed by atoms with E-state index in [4.69, 9.17) is 4.74 Å². The first-order valence-electron chi connectivity index (χ1n) is 6.38. The maximum absolute atomic E-state index is 11.6. The molecule has 4 heteroatoms. The Kier molecular flexibility index (Phi) is 2.64. The molecule has 0 aromatic carbocycles. The fourth-order valence-corrected chi connectivity index (χ4v) is 2.78. The van der Waals surface area contributed by atoms with Crippen LogP contribution in [-0.2, 0) is 9.53 Å². The Morgan fingerprint density at radius 2 is 2.25 bits per heavy atom. The zero-order valence-electron chi connectivity index (χ0n) is 9.63. The minimum absolute atomic E-state index is 0.238. The van der Waals surface area contributed by atoms with Gasteiger partial charge in [-0.05, 0) is 19.3 Å². The van der Waals surface area contributed by atoms with Gasteiger partial charge >= 0.3 is 0 Å². The Balaban J connectivity index is 1.40. The van der Waals surface area contributed by atoms with Crippen molar-refractivity contribution in [1.29, 1.82) is 0 Å². The molecule has 0 aromatic rings. The summed E-state index contributed by atoms with van der Waals surface area (Å²) in [5.41, 5.74) is 0.395. The lowest BCUT2D eigenvalue weighted by Gasteiger charge is -2.37. The Morgan fingerprint density at radius 3 is 2.75 bits per heavy atom. The molecule has 0 radical (unpaired) electrons. The van der Waals surface area contributed by atoms with Crippen LogP contribution in [0.2, 0.25) is 0 Å². The first-order valence-corrected chi connectivity index (χ1v) is 6.38. The van der Waals surface area contributed by atoms with Crippen molar-refractivity contribution >= 4 is 5.91 Å². The molecule has 1 aliphatic carbocycles. The molecule has 1 unspecified atom stereocenters. The number of carbonyl (C=O) groups is 1. The van der Waals surface area contributed by atoms with Crippen molar-refractivity contribution in [1.82, 2.24) is 10.6 Å². The van der Waals surface area contributed by atoms with Crippen LogP contribution < -0.4 is 10.6 Å². The van der Waals surface area contributed by atoms with Gasteiger partial charge in [0.15, 0.2) is 0 Å². The van der Waals surface area contributed by atoms with Crippen molar-refractivity contribution < 1.29 is 9.53 Å². The third kappa shape index (κ3) is 1.84. The van der Waals surface area contributed by atoms with E-state index >= 15 is 0 Å². The van der Waals surface area contributed by atoms with Gasteiger partial charge in [-0.25, -0.2) is 0 Å². The average Bonchev–Trinajstić information content (AvgIpc) is 2.55. The summed E-state index contributed by atoms with van der Waals surface area (Å²) < 4.78 is 5.74. The molecule has 3 rings (SSSR count). The van der Waals surface area contributed by atoms with Crippen molar-refractivity contribution in [3.63, 3.8) is 0 Å². The Bertz CT molecular complexity index is 285. The van der Waals surface area contributed by atoms with E-state index in [2.05, 4.69) is 10.6 Å². The molecule has 3 fully saturated rings. The summed E-state index contributed by atoms with van der Waals surface area (Å²) >= 11 is 0. The molecule has 16 heavy (non-hydrogen) atoms. The zero-order chi connectivity index (χ0) is 11.0. The molecular weight excluding hydrogens is 204 g/mol. The Labute approximate surface area is 96.1 Å². The lowest BCUT2D eigenvalue weighted by molar-refractivity contribution is -0.127. The minimum Gasteiger partial charge on any atom is -0.376 e. The Morgan fingerprint density at radius 1 is 1.44 bits per heavy atom. The normalized spacial score (nSPS) is 32.1. The van der Waals surface area contributed by atoms with Crippen LogP contribution in [0.5, 0.6) is 0 Å². The van der Waals surface area contributed by atoms with E-state index in [1.165, 1.54) is 6.42 Å². The average molecular weight is 224 g/mol. The number of ether oxygens (including phenoxy) is 1. The van der Waals surface area contributed by atoms with Gasteiger partial charge in [0, 0.05) is 31.0 Å². The zero-order valence-corrected chi connectivity index (χ0v) is 9.63. The fourth-order valence-electron chi connectivity index (χ4n) is 2.78. The maximum atomic E-state index is 11.6. The second-order valence-corrected chi connectivity index (χ2v) is 5.61. The molecule has 1 amide bonds. The second-order valence-electron chi connectivity index (χ2n) is 5.61. The van der Waals surface area contributed by atoms with Gasteiger partial charge in [0.25, 0.3) is 0 Å². The quantitative estimate of drug-likeness (QED) is 0.724. The van der Waals surface area contributed by atoms with Crippen LogP contribution in [0.3, 0.4) is 0 Å². The highest BCUT2D eigenvalue weighted by Gasteiger charge is 2.44. The van der Waals surface area contributed by atoms with Crippen LogP contribution in [0.4, 0.5) is 0 Å². The van der Waals surface area contributed by atoms with Crippen LogP contribution in [0.15, 0.2) is 0 Å². The smallest absolute Gasteiger partial charge is 0.223 e. The minimum atomic E-state index is 0.238. The molecule has 90 valence electrons. The summed E-state index contributed by atoms with van der Waals surface area (Å²) in [5, 5.41) is 6.33. The Hall–Kier alpha value is -0.610. The first-order chi connectivity index (χ1) is 7.77. The molecule has 1 spiro atoms.